The van der Waals surface area contributed by atoms with Crippen LogP contribution in [0.5, 0.6) is 0 Å². The first-order valence-corrected chi connectivity index (χ1v) is 5.63. The predicted molar refractivity (Wildman–Crippen MR) is 61.3 cm³/mol. The molecule has 0 aliphatic carbocycles. The fourth-order valence-corrected chi connectivity index (χ4v) is 1.15. The van der Waals surface area contributed by atoms with Crippen molar-refractivity contribution >= 4 is 5.91 Å². The molecule has 0 aliphatic rings. The molecule has 3 atom stereocenters. The summed E-state index contributed by atoms with van der Waals surface area (Å²) in [6.07, 6.45) is 1.84. The van der Waals surface area contributed by atoms with Gasteiger partial charge in [0, 0.05) is 25.1 Å². The minimum Gasteiger partial charge on any atom is -0.396 e. The van der Waals surface area contributed by atoms with Gasteiger partial charge in [0.15, 0.2) is 0 Å². The van der Waals surface area contributed by atoms with E-state index in [4.69, 9.17) is 10.8 Å². The van der Waals surface area contributed by atoms with Crippen LogP contribution in [-0.2, 0) is 4.79 Å². The maximum atomic E-state index is 11.5. The maximum Gasteiger partial charge on any atom is 0.224 e. The zero-order chi connectivity index (χ0) is 11.8. The molecule has 0 bridgehead atoms. The van der Waals surface area contributed by atoms with Crippen molar-refractivity contribution in [2.24, 2.45) is 17.6 Å². The molecule has 0 fully saturated rings. The van der Waals surface area contributed by atoms with Gasteiger partial charge in [0.25, 0.3) is 0 Å². The second kappa shape index (κ2) is 7.65. The van der Waals surface area contributed by atoms with Crippen LogP contribution in [0.4, 0.5) is 0 Å². The largest absolute Gasteiger partial charge is 0.396 e. The number of amides is 1. The van der Waals surface area contributed by atoms with E-state index in [1.54, 1.807) is 0 Å². The highest BCUT2D eigenvalue weighted by Gasteiger charge is 2.15. The molecule has 0 heterocycles. The summed E-state index contributed by atoms with van der Waals surface area (Å²) < 4.78 is 0. The standard InChI is InChI=1S/C11H24N2O2/c1-8(7-14)5-4-6-13-11(15)9(2)10(3)12/h8-10,14H,4-7,12H2,1-3H3,(H,13,15). The minimum atomic E-state index is -0.139. The molecule has 0 spiro atoms. The van der Waals surface area contributed by atoms with Crippen molar-refractivity contribution in [3.63, 3.8) is 0 Å². The van der Waals surface area contributed by atoms with Gasteiger partial charge in [-0.25, -0.2) is 0 Å². The highest BCUT2D eigenvalue weighted by atomic mass is 16.3. The first-order chi connectivity index (χ1) is 6.99. The van der Waals surface area contributed by atoms with Gasteiger partial charge in [-0.2, -0.15) is 0 Å². The third kappa shape index (κ3) is 6.47. The van der Waals surface area contributed by atoms with Crippen molar-refractivity contribution in [1.82, 2.24) is 5.32 Å². The van der Waals surface area contributed by atoms with Crippen LogP contribution in [0.3, 0.4) is 0 Å². The molecule has 0 aliphatic heterocycles. The van der Waals surface area contributed by atoms with Crippen molar-refractivity contribution in [1.29, 1.82) is 0 Å². The van der Waals surface area contributed by atoms with Gasteiger partial charge < -0.3 is 16.2 Å². The Morgan fingerprint density at radius 1 is 1.40 bits per heavy atom. The molecule has 4 N–H and O–H groups in total. The maximum absolute atomic E-state index is 11.5. The average Bonchev–Trinajstić information content (AvgIpc) is 2.22. The molecule has 3 unspecified atom stereocenters. The molecule has 0 saturated heterocycles. The summed E-state index contributed by atoms with van der Waals surface area (Å²) in [5, 5.41) is 11.6. The van der Waals surface area contributed by atoms with Crippen LogP contribution in [0.25, 0.3) is 0 Å². The Morgan fingerprint density at radius 2 is 2.00 bits per heavy atom. The van der Waals surface area contributed by atoms with Crippen molar-refractivity contribution in [2.45, 2.75) is 39.7 Å². The molecule has 0 radical (unpaired) electrons. The van der Waals surface area contributed by atoms with E-state index in [0.717, 1.165) is 12.8 Å². The van der Waals surface area contributed by atoms with E-state index >= 15 is 0 Å². The van der Waals surface area contributed by atoms with E-state index in [-0.39, 0.29) is 24.5 Å². The molecule has 0 saturated carbocycles. The van der Waals surface area contributed by atoms with Crippen molar-refractivity contribution in [3.8, 4) is 0 Å². The quantitative estimate of drug-likeness (QED) is 0.542. The smallest absolute Gasteiger partial charge is 0.224 e. The highest BCUT2D eigenvalue weighted by Crippen LogP contribution is 2.03. The topological polar surface area (TPSA) is 75.3 Å². The van der Waals surface area contributed by atoms with Crippen LogP contribution in [0.15, 0.2) is 0 Å². The molecule has 90 valence electrons. The number of hydrogen-bond acceptors (Lipinski definition) is 3. The van der Waals surface area contributed by atoms with E-state index < -0.39 is 0 Å². The molecule has 15 heavy (non-hydrogen) atoms. The van der Waals surface area contributed by atoms with Gasteiger partial charge in [-0.1, -0.05) is 13.8 Å². The normalized spacial score (nSPS) is 16.9. The first-order valence-electron chi connectivity index (χ1n) is 5.63. The molecule has 1 amide bonds. The minimum absolute atomic E-state index is 0.0154. The Balaban J connectivity index is 3.55. The number of carbonyl (C=O) groups is 1. The number of rotatable bonds is 7. The first kappa shape index (κ1) is 14.4. The van der Waals surface area contributed by atoms with Gasteiger partial charge in [0.05, 0.1) is 0 Å². The van der Waals surface area contributed by atoms with E-state index in [0.29, 0.717) is 12.5 Å². The molecule has 4 heteroatoms. The van der Waals surface area contributed by atoms with Gasteiger partial charge in [0.2, 0.25) is 5.91 Å². The predicted octanol–water partition coefficient (Wildman–Crippen LogP) is 0.495. The zero-order valence-corrected chi connectivity index (χ0v) is 9.99. The summed E-state index contributed by atoms with van der Waals surface area (Å²) in [6, 6.07) is -0.110. The van der Waals surface area contributed by atoms with Gasteiger partial charge in [-0.3, -0.25) is 4.79 Å². The van der Waals surface area contributed by atoms with Gasteiger partial charge in [0.1, 0.15) is 0 Å². The zero-order valence-electron chi connectivity index (χ0n) is 9.99. The summed E-state index contributed by atoms with van der Waals surface area (Å²) >= 11 is 0. The lowest BCUT2D eigenvalue weighted by Crippen LogP contribution is -2.39. The molecule has 0 rings (SSSR count). The van der Waals surface area contributed by atoms with Crippen molar-refractivity contribution < 1.29 is 9.90 Å². The monoisotopic (exact) mass is 216 g/mol. The Morgan fingerprint density at radius 3 is 2.47 bits per heavy atom. The van der Waals surface area contributed by atoms with Gasteiger partial charge >= 0.3 is 0 Å². The Hall–Kier alpha value is -0.610. The number of aliphatic hydroxyl groups excluding tert-OH is 1. The molecule has 0 aromatic carbocycles. The van der Waals surface area contributed by atoms with Gasteiger partial charge in [-0.05, 0) is 25.7 Å². The number of hydrogen-bond donors (Lipinski definition) is 3. The van der Waals surface area contributed by atoms with Crippen molar-refractivity contribution in [2.75, 3.05) is 13.2 Å². The molecule has 0 aromatic heterocycles. The Labute approximate surface area is 92.2 Å². The summed E-state index contributed by atoms with van der Waals surface area (Å²) in [5.74, 6) is 0.190. The number of nitrogens with two attached hydrogens (primary N) is 1. The number of aliphatic hydroxyl groups is 1. The summed E-state index contributed by atoms with van der Waals surface area (Å²) in [5.41, 5.74) is 5.62. The van der Waals surface area contributed by atoms with Crippen LogP contribution in [-0.4, -0.2) is 30.2 Å². The van der Waals surface area contributed by atoms with E-state index in [1.165, 1.54) is 0 Å². The third-order valence-corrected chi connectivity index (χ3v) is 2.69. The number of nitrogens with one attached hydrogen (secondary N) is 1. The second-order valence-corrected chi connectivity index (χ2v) is 4.37. The SMILES string of the molecule is CC(CO)CCCNC(=O)C(C)C(C)N. The lowest BCUT2D eigenvalue weighted by atomic mass is 10.0. The fraction of sp³-hybridized carbons (Fsp3) is 0.909. The third-order valence-electron chi connectivity index (χ3n) is 2.69. The molecular weight excluding hydrogens is 192 g/mol. The van der Waals surface area contributed by atoms with Crippen molar-refractivity contribution in [3.05, 3.63) is 0 Å². The van der Waals surface area contributed by atoms with Crippen LogP contribution >= 0.6 is 0 Å². The average molecular weight is 216 g/mol. The lowest BCUT2D eigenvalue weighted by Gasteiger charge is -2.15. The second-order valence-electron chi connectivity index (χ2n) is 4.37. The Kier molecular flexibility index (Phi) is 7.34. The fourth-order valence-electron chi connectivity index (χ4n) is 1.15. The van der Waals surface area contributed by atoms with Crippen LogP contribution < -0.4 is 11.1 Å². The molecule has 0 aromatic rings. The summed E-state index contributed by atoms with van der Waals surface area (Å²) in [4.78, 5) is 11.5. The lowest BCUT2D eigenvalue weighted by molar-refractivity contribution is -0.124. The Bertz CT molecular complexity index is 183. The summed E-state index contributed by atoms with van der Waals surface area (Å²) in [7, 11) is 0. The highest BCUT2D eigenvalue weighted by molar-refractivity contribution is 5.78. The van der Waals surface area contributed by atoms with E-state index in [1.807, 2.05) is 20.8 Å². The van der Waals surface area contributed by atoms with Crippen LogP contribution in [0.2, 0.25) is 0 Å². The summed E-state index contributed by atoms with van der Waals surface area (Å²) in [6.45, 7) is 6.53. The molecule has 4 nitrogen and oxygen atoms in total. The van der Waals surface area contributed by atoms with Crippen LogP contribution in [0.1, 0.15) is 33.6 Å². The van der Waals surface area contributed by atoms with Gasteiger partial charge in [-0.15, -0.1) is 0 Å². The van der Waals surface area contributed by atoms with Crippen LogP contribution in [0, 0.1) is 11.8 Å². The number of carbonyl (C=O) groups excluding carboxylic acids is 1. The molecular formula is C11H24N2O2. The van der Waals surface area contributed by atoms with E-state index in [2.05, 4.69) is 5.32 Å². The van der Waals surface area contributed by atoms with E-state index in [9.17, 15) is 4.79 Å².